The second-order valence-corrected chi connectivity index (χ2v) is 7.69. The Morgan fingerprint density at radius 1 is 0.969 bits per heavy atom. The maximum absolute atomic E-state index is 12.5. The van der Waals surface area contributed by atoms with Crippen molar-refractivity contribution in [3.63, 3.8) is 0 Å². The number of carbonyl (C=O) groups is 1. The molecule has 1 saturated heterocycles. The van der Waals surface area contributed by atoms with Crippen molar-refractivity contribution in [1.82, 2.24) is 4.90 Å². The zero-order valence-corrected chi connectivity index (χ0v) is 16.8. The number of amides is 1. The maximum Gasteiger partial charge on any atom is 0.434 e. The number of ether oxygens (including phenoxy) is 1. The Morgan fingerprint density at radius 2 is 1.47 bits per heavy atom. The second kappa shape index (κ2) is 8.98. The van der Waals surface area contributed by atoms with Crippen LogP contribution in [0.2, 0.25) is 0 Å². The Hall–Kier alpha value is -2.80. The molecule has 2 aromatic carbocycles. The average Bonchev–Trinajstić information content (AvgIpc) is 2.67. The summed E-state index contributed by atoms with van der Waals surface area (Å²) in [6, 6.07) is 14.6. The van der Waals surface area contributed by atoms with Gasteiger partial charge in [0.2, 0.25) is 0 Å². The van der Waals surface area contributed by atoms with Gasteiger partial charge in [0, 0.05) is 30.0 Å². The largest absolute Gasteiger partial charge is 0.755 e. The number of likely N-dealkylation sites (tertiary alicyclic amines) is 1. The zero-order valence-electron chi connectivity index (χ0n) is 16.0. The van der Waals surface area contributed by atoms with Gasteiger partial charge in [-0.05, 0) is 23.3 Å². The molecule has 1 atom stereocenters. The van der Waals surface area contributed by atoms with E-state index in [1.54, 1.807) is 12.1 Å². The van der Waals surface area contributed by atoms with Crippen molar-refractivity contribution < 1.29 is 44.6 Å². The van der Waals surface area contributed by atoms with Crippen LogP contribution in [0, 0.1) is 0 Å². The first-order valence-corrected chi connectivity index (χ1v) is 10.0. The predicted molar refractivity (Wildman–Crippen MR) is 101 cm³/mol. The van der Waals surface area contributed by atoms with Crippen molar-refractivity contribution in [3.8, 4) is 11.1 Å². The van der Waals surface area contributed by atoms with Crippen LogP contribution in [-0.4, -0.2) is 57.3 Å². The number of carbonyl (C=O) groups excluding carboxylic acids is 1. The molecule has 0 aromatic heterocycles. The van der Waals surface area contributed by atoms with Crippen molar-refractivity contribution in [2.75, 3.05) is 17.4 Å². The Morgan fingerprint density at radius 3 is 1.94 bits per heavy atom. The van der Waals surface area contributed by atoms with E-state index in [-0.39, 0.29) is 5.69 Å². The van der Waals surface area contributed by atoms with Gasteiger partial charge in [-0.15, -0.1) is 0 Å². The third-order valence-corrected chi connectivity index (χ3v) is 5.49. The quantitative estimate of drug-likeness (QED) is 0.473. The summed E-state index contributed by atoms with van der Waals surface area (Å²) in [4.78, 5) is 12.3. The van der Waals surface area contributed by atoms with Gasteiger partial charge in [-0.2, -0.15) is 26.3 Å². The molecular weight excluding hydrogens is 466 g/mol. The number of hydrogen-bond acceptors (Lipinski definition) is 4. The van der Waals surface area contributed by atoms with Crippen molar-refractivity contribution in [2.45, 2.75) is 24.5 Å². The van der Waals surface area contributed by atoms with Gasteiger partial charge in [-0.3, -0.25) is 8.51 Å². The smallest absolute Gasteiger partial charge is 0.434 e. The first-order chi connectivity index (χ1) is 14.9. The topological polar surface area (TPSA) is 72.9 Å². The number of nitrogens with zero attached hydrogens (tertiary/aromatic N) is 2. The van der Waals surface area contributed by atoms with Crippen molar-refractivity contribution in [3.05, 3.63) is 54.6 Å². The van der Waals surface area contributed by atoms with Gasteiger partial charge in [0.1, 0.15) is 0 Å². The van der Waals surface area contributed by atoms with E-state index >= 15 is 0 Å². The zero-order chi connectivity index (χ0) is 23.7. The molecule has 0 N–H and O–H groups in total. The number of anilines is 1. The SMILES string of the molecule is O=C(OC(C(F)(F)F)C(F)(F)F)N1CC(N(c2ccc(-c3ccccc3)cc2)S(=O)[O-])C1. The number of hydrogen-bond donors (Lipinski definition) is 0. The summed E-state index contributed by atoms with van der Waals surface area (Å²) < 4.78 is 103. The summed E-state index contributed by atoms with van der Waals surface area (Å²) in [5.41, 5.74) is 1.91. The highest BCUT2D eigenvalue weighted by Gasteiger charge is 2.60. The van der Waals surface area contributed by atoms with Crippen LogP contribution >= 0.6 is 0 Å². The molecule has 3 rings (SSSR count). The lowest BCUT2D eigenvalue weighted by atomic mass is 10.0. The molecule has 32 heavy (non-hydrogen) atoms. The van der Waals surface area contributed by atoms with E-state index < -0.39 is 54.9 Å². The fourth-order valence-corrected chi connectivity index (χ4v) is 3.77. The van der Waals surface area contributed by atoms with E-state index in [0.717, 1.165) is 15.4 Å². The van der Waals surface area contributed by atoms with Crippen LogP contribution in [0.15, 0.2) is 54.6 Å². The summed E-state index contributed by atoms with van der Waals surface area (Å²) in [7, 11) is 0. The first kappa shape index (κ1) is 23.9. The highest BCUT2D eigenvalue weighted by Crippen LogP contribution is 2.36. The molecule has 2 aromatic rings. The van der Waals surface area contributed by atoms with Crippen LogP contribution in [0.1, 0.15) is 0 Å². The minimum Gasteiger partial charge on any atom is -0.755 e. The molecular formula is C19H15F6N2O4S-. The summed E-state index contributed by atoms with van der Waals surface area (Å²) in [6.07, 6.45) is -17.8. The second-order valence-electron chi connectivity index (χ2n) is 6.86. The van der Waals surface area contributed by atoms with Crippen molar-refractivity contribution in [2.24, 2.45) is 0 Å². The van der Waals surface area contributed by atoms with Gasteiger partial charge in [0.05, 0.1) is 6.04 Å². The summed E-state index contributed by atoms with van der Waals surface area (Å²) in [5.74, 6) is 0. The third-order valence-electron chi connectivity index (χ3n) is 4.65. The average molecular weight is 481 g/mol. The number of halogens is 6. The highest BCUT2D eigenvalue weighted by molar-refractivity contribution is 7.80. The van der Waals surface area contributed by atoms with Crippen LogP contribution < -0.4 is 4.31 Å². The van der Waals surface area contributed by atoms with Gasteiger partial charge in [0.15, 0.2) is 0 Å². The van der Waals surface area contributed by atoms with Crippen LogP contribution in [0.4, 0.5) is 36.8 Å². The Balaban J connectivity index is 1.67. The molecule has 1 heterocycles. The van der Waals surface area contributed by atoms with Crippen LogP contribution in [-0.2, 0) is 16.0 Å². The molecule has 174 valence electrons. The lowest BCUT2D eigenvalue weighted by Crippen LogP contribution is -2.62. The van der Waals surface area contributed by atoms with Crippen LogP contribution in [0.25, 0.3) is 11.1 Å². The molecule has 0 spiro atoms. The Labute approximate surface area is 180 Å². The van der Waals surface area contributed by atoms with Crippen molar-refractivity contribution >= 4 is 23.0 Å². The first-order valence-electron chi connectivity index (χ1n) is 9.01. The highest BCUT2D eigenvalue weighted by atomic mass is 32.2. The van der Waals surface area contributed by atoms with Gasteiger partial charge in [-0.1, -0.05) is 42.5 Å². The molecule has 0 radical (unpaired) electrons. The van der Waals surface area contributed by atoms with E-state index in [2.05, 4.69) is 4.74 Å². The van der Waals surface area contributed by atoms with Gasteiger partial charge in [-0.25, -0.2) is 4.79 Å². The lowest BCUT2D eigenvalue weighted by molar-refractivity contribution is -0.308. The van der Waals surface area contributed by atoms with E-state index in [9.17, 15) is 39.9 Å². The van der Waals surface area contributed by atoms with E-state index in [4.69, 9.17) is 0 Å². The predicted octanol–water partition coefficient (Wildman–Crippen LogP) is 4.27. The molecule has 0 saturated carbocycles. The van der Waals surface area contributed by atoms with Crippen LogP contribution in [0.3, 0.4) is 0 Å². The number of alkyl halides is 6. The minimum atomic E-state index is -5.83. The van der Waals surface area contributed by atoms with Gasteiger partial charge >= 0.3 is 18.4 Å². The Kier molecular flexibility index (Phi) is 6.69. The minimum absolute atomic E-state index is 0.222. The van der Waals surface area contributed by atoms with Crippen LogP contribution in [0.5, 0.6) is 0 Å². The third kappa shape index (κ3) is 5.33. The molecule has 0 bridgehead atoms. The number of rotatable bonds is 5. The molecule has 6 nitrogen and oxygen atoms in total. The molecule has 0 aliphatic carbocycles. The van der Waals surface area contributed by atoms with E-state index in [1.807, 2.05) is 30.3 Å². The van der Waals surface area contributed by atoms with E-state index in [1.165, 1.54) is 12.1 Å². The molecule has 1 unspecified atom stereocenters. The number of benzene rings is 2. The summed E-state index contributed by atoms with van der Waals surface area (Å²) in [5, 5.41) is 0. The van der Waals surface area contributed by atoms with E-state index in [0.29, 0.717) is 4.90 Å². The van der Waals surface area contributed by atoms with Crippen molar-refractivity contribution in [1.29, 1.82) is 0 Å². The normalized spacial score (nSPS) is 15.9. The fourth-order valence-electron chi connectivity index (χ4n) is 3.10. The van der Waals surface area contributed by atoms with Gasteiger partial charge < -0.3 is 14.2 Å². The summed E-state index contributed by atoms with van der Waals surface area (Å²) in [6.45, 7) is -0.870. The molecule has 1 fully saturated rings. The Bertz CT molecular complexity index is 949. The molecule has 13 heteroatoms. The lowest BCUT2D eigenvalue weighted by Gasteiger charge is -2.46. The maximum atomic E-state index is 12.5. The monoisotopic (exact) mass is 481 g/mol. The standard InChI is InChI=1S/C19H16F6N2O4S/c20-18(21,22)16(19(23,24)25)31-17(28)26-10-15(11-26)27(32(29)30)14-8-6-13(7-9-14)12-4-2-1-3-5-12/h1-9,15-16H,10-11H2,(H,29,30)/p-1. The molecule has 1 aliphatic heterocycles. The molecule has 1 amide bonds. The summed E-state index contributed by atoms with van der Waals surface area (Å²) >= 11 is -2.81. The fraction of sp³-hybridized carbons (Fsp3) is 0.316. The van der Waals surface area contributed by atoms with Gasteiger partial charge in [0.25, 0.3) is 6.10 Å². The molecule has 1 aliphatic rings.